The van der Waals surface area contributed by atoms with E-state index in [1.165, 1.54) is 0 Å². The predicted octanol–water partition coefficient (Wildman–Crippen LogP) is 1.97. The van der Waals surface area contributed by atoms with Crippen molar-refractivity contribution >= 4 is 17.8 Å². The molecule has 1 N–H and O–H groups in total. The Bertz CT molecular complexity index is 913. The molecule has 2 amide bonds. The third-order valence-electron chi connectivity index (χ3n) is 7.70. The van der Waals surface area contributed by atoms with Gasteiger partial charge in [-0.2, -0.15) is 5.10 Å². The second kappa shape index (κ2) is 10.5. The van der Waals surface area contributed by atoms with Crippen LogP contribution in [0.15, 0.2) is 0 Å². The molecule has 1 spiro atoms. The topological polar surface area (TPSA) is 103 Å². The molecule has 9 nitrogen and oxygen atoms in total. The van der Waals surface area contributed by atoms with Crippen LogP contribution < -0.4 is 5.32 Å². The maximum absolute atomic E-state index is 13.0. The van der Waals surface area contributed by atoms with Gasteiger partial charge in [0.2, 0.25) is 5.91 Å². The van der Waals surface area contributed by atoms with Crippen molar-refractivity contribution in [3.8, 4) is 0 Å². The van der Waals surface area contributed by atoms with E-state index in [-0.39, 0.29) is 35.0 Å². The van der Waals surface area contributed by atoms with Gasteiger partial charge in [0.05, 0.1) is 18.2 Å². The molecule has 0 bridgehead atoms. The van der Waals surface area contributed by atoms with Crippen LogP contribution in [0.5, 0.6) is 0 Å². The lowest BCUT2D eigenvalue weighted by molar-refractivity contribution is -0.152. The van der Waals surface area contributed by atoms with Crippen molar-refractivity contribution in [3.63, 3.8) is 0 Å². The van der Waals surface area contributed by atoms with Crippen molar-refractivity contribution in [1.29, 1.82) is 0 Å². The number of nitrogens with one attached hydrogen (secondary N) is 1. The van der Waals surface area contributed by atoms with Crippen LogP contribution in [-0.2, 0) is 38.4 Å². The Morgan fingerprint density at radius 2 is 1.97 bits per heavy atom. The average Bonchev–Trinajstić information content (AvgIpc) is 3.11. The van der Waals surface area contributed by atoms with Crippen LogP contribution in [0.25, 0.3) is 0 Å². The zero-order valence-electron chi connectivity index (χ0n) is 20.7. The fourth-order valence-electron chi connectivity index (χ4n) is 5.49. The van der Waals surface area contributed by atoms with Crippen LogP contribution in [0.1, 0.15) is 68.2 Å². The van der Waals surface area contributed by atoms with Gasteiger partial charge in [-0.05, 0) is 56.8 Å². The maximum Gasteiger partial charge on any atom is 0.309 e. The van der Waals surface area contributed by atoms with Gasteiger partial charge < -0.3 is 19.7 Å². The minimum atomic E-state index is -0.173. The number of esters is 1. The fourth-order valence-corrected chi connectivity index (χ4v) is 5.49. The molecule has 0 aliphatic carbocycles. The number of amides is 2. The van der Waals surface area contributed by atoms with Gasteiger partial charge in [-0.15, -0.1) is 0 Å². The fraction of sp³-hybridized carbons (Fsp3) is 0.760. The lowest BCUT2D eigenvalue weighted by Crippen LogP contribution is -2.40. The Balaban J connectivity index is 1.40. The molecular weight excluding hydrogens is 436 g/mol. The third kappa shape index (κ3) is 5.29. The van der Waals surface area contributed by atoms with Crippen molar-refractivity contribution in [1.82, 2.24) is 20.0 Å². The number of aromatic nitrogens is 2. The first-order valence-electron chi connectivity index (χ1n) is 12.7. The molecule has 34 heavy (non-hydrogen) atoms. The molecule has 0 saturated carbocycles. The maximum atomic E-state index is 13.0. The van der Waals surface area contributed by atoms with Gasteiger partial charge in [0, 0.05) is 51.9 Å². The van der Waals surface area contributed by atoms with E-state index in [2.05, 4.69) is 12.2 Å². The largest absolute Gasteiger partial charge is 0.465 e. The summed E-state index contributed by atoms with van der Waals surface area (Å²) in [6.07, 6.45) is 4.65. The first-order valence-corrected chi connectivity index (χ1v) is 12.7. The van der Waals surface area contributed by atoms with E-state index < -0.39 is 0 Å². The Morgan fingerprint density at radius 3 is 2.62 bits per heavy atom. The van der Waals surface area contributed by atoms with Crippen molar-refractivity contribution in [3.05, 3.63) is 17.0 Å². The second-order valence-corrected chi connectivity index (χ2v) is 10.3. The molecule has 1 aromatic heterocycles. The summed E-state index contributed by atoms with van der Waals surface area (Å²) in [5, 5.41) is 7.95. The van der Waals surface area contributed by atoms with E-state index in [4.69, 9.17) is 14.6 Å². The van der Waals surface area contributed by atoms with E-state index in [0.29, 0.717) is 57.7 Å². The summed E-state index contributed by atoms with van der Waals surface area (Å²) < 4.78 is 13.1. The Hall–Kier alpha value is -2.42. The summed E-state index contributed by atoms with van der Waals surface area (Å²) in [6.45, 7) is 9.92. The van der Waals surface area contributed by atoms with Crippen molar-refractivity contribution < 1.29 is 23.9 Å². The van der Waals surface area contributed by atoms with Crippen LogP contribution >= 0.6 is 0 Å². The number of nitrogens with zero attached hydrogens (tertiary/aromatic N) is 3. The van der Waals surface area contributed by atoms with E-state index in [9.17, 15) is 14.4 Å². The van der Waals surface area contributed by atoms with E-state index >= 15 is 0 Å². The van der Waals surface area contributed by atoms with Crippen LogP contribution in [0.3, 0.4) is 0 Å². The van der Waals surface area contributed by atoms with Crippen LogP contribution in [0.2, 0.25) is 0 Å². The van der Waals surface area contributed by atoms with Crippen molar-refractivity contribution in [2.75, 3.05) is 39.5 Å². The number of hydrogen-bond acceptors (Lipinski definition) is 6. The Morgan fingerprint density at radius 1 is 1.26 bits per heavy atom. The number of carbonyl (C=O) groups excluding carboxylic acids is 3. The molecule has 1 atom stereocenters. The van der Waals surface area contributed by atoms with Crippen LogP contribution in [0.4, 0.5) is 0 Å². The molecule has 2 fully saturated rings. The highest BCUT2D eigenvalue weighted by atomic mass is 16.5. The minimum absolute atomic E-state index is 0.0138. The summed E-state index contributed by atoms with van der Waals surface area (Å²) in [4.78, 5) is 38.8. The predicted molar refractivity (Wildman–Crippen MR) is 125 cm³/mol. The number of piperidine rings is 1. The van der Waals surface area contributed by atoms with E-state index in [1.807, 2.05) is 11.6 Å². The SMILES string of the molecule is CCn1nc(CC(C)COC(=O)C2CCN(C(C)=O)CC2)c2c1C(=O)NCC1(CCOCC1)C2. The molecule has 188 valence electrons. The van der Waals surface area contributed by atoms with E-state index in [1.54, 1.807) is 11.8 Å². The molecule has 1 unspecified atom stereocenters. The molecule has 4 heterocycles. The van der Waals surface area contributed by atoms with Crippen LogP contribution in [0, 0.1) is 17.3 Å². The molecule has 0 aromatic carbocycles. The zero-order chi connectivity index (χ0) is 24.3. The summed E-state index contributed by atoms with van der Waals surface area (Å²) in [7, 11) is 0. The highest BCUT2D eigenvalue weighted by Crippen LogP contribution is 2.38. The highest BCUT2D eigenvalue weighted by Gasteiger charge is 2.40. The number of carbonyl (C=O) groups is 3. The van der Waals surface area contributed by atoms with Gasteiger partial charge in [-0.1, -0.05) is 6.92 Å². The average molecular weight is 475 g/mol. The quantitative estimate of drug-likeness (QED) is 0.633. The van der Waals surface area contributed by atoms with E-state index in [0.717, 1.165) is 43.7 Å². The summed E-state index contributed by atoms with van der Waals surface area (Å²) in [5.41, 5.74) is 2.69. The Kier molecular flexibility index (Phi) is 7.60. The zero-order valence-corrected chi connectivity index (χ0v) is 20.7. The van der Waals surface area contributed by atoms with Gasteiger partial charge in [0.15, 0.2) is 0 Å². The number of ether oxygens (including phenoxy) is 2. The molecule has 4 rings (SSSR count). The van der Waals surface area contributed by atoms with Crippen LogP contribution in [-0.4, -0.2) is 71.9 Å². The summed E-state index contributed by atoms with van der Waals surface area (Å²) in [6, 6.07) is 0. The van der Waals surface area contributed by atoms with Gasteiger partial charge in [-0.3, -0.25) is 19.1 Å². The van der Waals surface area contributed by atoms with Crippen molar-refractivity contribution in [2.24, 2.45) is 17.3 Å². The molecular formula is C25H38N4O5. The van der Waals surface area contributed by atoms with Gasteiger partial charge in [0.25, 0.3) is 5.91 Å². The first kappa shape index (κ1) is 24.7. The molecule has 1 aromatic rings. The molecule has 3 aliphatic heterocycles. The molecule has 3 aliphatic rings. The second-order valence-electron chi connectivity index (χ2n) is 10.3. The normalized spacial score (nSPS) is 21.5. The number of hydrogen-bond donors (Lipinski definition) is 1. The standard InChI is InChI=1S/C25H38N4O5/c1-4-29-22-20(14-25(16-26-23(22)31)7-11-33-12-8-25)21(27-29)13-17(2)15-34-24(32)19-5-9-28(10-6-19)18(3)30/h17,19H,4-16H2,1-3H3,(H,26,31). The van der Waals surface area contributed by atoms with Gasteiger partial charge >= 0.3 is 5.97 Å². The summed E-state index contributed by atoms with van der Waals surface area (Å²) in [5.74, 6) is -0.219. The highest BCUT2D eigenvalue weighted by molar-refractivity contribution is 5.94. The lowest BCUT2D eigenvalue weighted by atomic mass is 9.75. The lowest BCUT2D eigenvalue weighted by Gasteiger charge is -2.36. The van der Waals surface area contributed by atoms with Gasteiger partial charge in [0.1, 0.15) is 5.69 Å². The monoisotopic (exact) mass is 474 g/mol. The number of likely N-dealkylation sites (tertiary alicyclic amines) is 1. The smallest absolute Gasteiger partial charge is 0.309 e. The van der Waals surface area contributed by atoms with Crippen molar-refractivity contribution in [2.45, 2.75) is 65.8 Å². The number of rotatable bonds is 6. The number of fused-ring (bicyclic) bond motifs is 1. The third-order valence-corrected chi connectivity index (χ3v) is 7.70. The summed E-state index contributed by atoms with van der Waals surface area (Å²) >= 11 is 0. The first-order chi connectivity index (χ1) is 16.3. The Labute approximate surface area is 201 Å². The molecule has 2 saturated heterocycles. The number of aryl methyl sites for hydroxylation is 1. The molecule has 0 radical (unpaired) electrons. The molecule has 9 heteroatoms. The van der Waals surface area contributed by atoms with Gasteiger partial charge in [-0.25, -0.2) is 0 Å². The minimum Gasteiger partial charge on any atom is -0.465 e.